The molecule has 62 valence electrons. The van der Waals surface area contributed by atoms with E-state index >= 15 is 0 Å². The standard InChI is InChI=1S/C6H10NO3P/c1-3-9-6(5-7,11-8)10-4-2/h3-4H2,1-2H3. The molecule has 0 bridgehead atoms. The van der Waals surface area contributed by atoms with E-state index in [2.05, 4.69) is 0 Å². The van der Waals surface area contributed by atoms with Gasteiger partial charge in [0.25, 0.3) is 0 Å². The van der Waals surface area contributed by atoms with Crippen LogP contribution in [0.4, 0.5) is 0 Å². The monoisotopic (exact) mass is 175 g/mol. The van der Waals surface area contributed by atoms with Gasteiger partial charge in [-0.2, -0.15) is 5.26 Å². The Bertz CT molecular complexity index is 160. The molecular weight excluding hydrogens is 165 g/mol. The number of nitriles is 1. The Labute approximate surface area is 67.3 Å². The van der Waals surface area contributed by atoms with E-state index in [9.17, 15) is 4.57 Å². The van der Waals surface area contributed by atoms with Crippen molar-refractivity contribution in [1.82, 2.24) is 0 Å². The molecule has 0 atom stereocenters. The topological polar surface area (TPSA) is 59.3 Å². The molecular formula is C6H10NO3P. The van der Waals surface area contributed by atoms with Crippen molar-refractivity contribution in [3.05, 3.63) is 0 Å². The molecule has 0 aromatic carbocycles. The van der Waals surface area contributed by atoms with Gasteiger partial charge in [0.2, 0.25) is 8.46 Å². The van der Waals surface area contributed by atoms with Gasteiger partial charge in [-0.3, -0.25) is 4.57 Å². The van der Waals surface area contributed by atoms with Crippen LogP contribution in [-0.2, 0) is 14.0 Å². The summed E-state index contributed by atoms with van der Waals surface area (Å²) in [6.07, 6.45) is 0. The molecule has 0 radical (unpaired) electrons. The van der Waals surface area contributed by atoms with Gasteiger partial charge in [0.15, 0.2) is 0 Å². The van der Waals surface area contributed by atoms with Gasteiger partial charge in [-0.15, -0.1) is 0 Å². The van der Waals surface area contributed by atoms with E-state index in [1.54, 1.807) is 19.9 Å². The lowest BCUT2D eigenvalue weighted by Gasteiger charge is -2.17. The predicted octanol–water partition coefficient (Wildman–Crippen LogP) is 1.53. The number of rotatable bonds is 5. The molecule has 0 aliphatic carbocycles. The average molecular weight is 175 g/mol. The average Bonchev–Trinajstić information content (AvgIpc) is 2.04. The van der Waals surface area contributed by atoms with Crippen LogP contribution >= 0.6 is 8.46 Å². The van der Waals surface area contributed by atoms with Crippen molar-refractivity contribution in [1.29, 1.82) is 5.26 Å². The summed E-state index contributed by atoms with van der Waals surface area (Å²) in [6, 6.07) is 1.70. The second-order valence-corrected chi connectivity index (χ2v) is 2.42. The van der Waals surface area contributed by atoms with Gasteiger partial charge in [-0.1, -0.05) is 0 Å². The summed E-state index contributed by atoms with van der Waals surface area (Å²) in [6.45, 7) is 4.00. The van der Waals surface area contributed by atoms with Crippen LogP contribution in [0.1, 0.15) is 13.8 Å². The molecule has 0 aliphatic heterocycles. The molecule has 0 heterocycles. The van der Waals surface area contributed by atoms with E-state index in [-0.39, 0.29) is 0 Å². The molecule has 0 saturated carbocycles. The first kappa shape index (κ1) is 10.5. The highest BCUT2D eigenvalue weighted by Gasteiger charge is 2.32. The van der Waals surface area contributed by atoms with Crippen molar-refractivity contribution in [2.75, 3.05) is 13.2 Å². The molecule has 0 unspecified atom stereocenters. The van der Waals surface area contributed by atoms with Crippen LogP contribution < -0.4 is 0 Å². The second kappa shape index (κ2) is 5.20. The maximum atomic E-state index is 10.5. The predicted molar refractivity (Wildman–Crippen MR) is 39.2 cm³/mol. The SMILES string of the molecule is CCOC(C#N)(OCC)P=O. The number of nitrogens with zero attached hydrogens (tertiary/aromatic N) is 1. The van der Waals surface area contributed by atoms with Gasteiger partial charge in [-0.05, 0) is 13.8 Å². The van der Waals surface area contributed by atoms with Crippen LogP contribution in [0.2, 0.25) is 0 Å². The van der Waals surface area contributed by atoms with Gasteiger partial charge in [0.05, 0.1) is 0 Å². The fraction of sp³-hybridized carbons (Fsp3) is 0.833. The molecule has 0 aromatic rings. The van der Waals surface area contributed by atoms with Gasteiger partial charge in [-0.25, -0.2) is 0 Å². The van der Waals surface area contributed by atoms with Gasteiger partial charge in [0.1, 0.15) is 6.07 Å². The van der Waals surface area contributed by atoms with Gasteiger partial charge < -0.3 is 9.47 Å². The van der Waals surface area contributed by atoms with E-state index < -0.39 is 14.0 Å². The smallest absolute Gasteiger partial charge is 0.329 e. The first-order valence-corrected chi connectivity index (χ1v) is 4.09. The summed E-state index contributed by atoms with van der Waals surface area (Å²) in [5.41, 5.74) is -1.59. The molecule has 0 spiro atoms. The number of ether oxygens (including phenoxy) is 2. The normalized spacial score (nSPS) is 11.4. The Kier molecular flexibility index (Phi) is 4.97. The Balaban J connectivity index is 4.22. The van der Waals surface area contributed by atoms with Crippen molar-refractivity contribution in [3.63, 3.8) is 0 Å². The van der Waals surface area contributed by atoms with Crippen molar-refractivity contribution in [2.24, 2.45) is 0 Å². The molecule has 0 saturated heterocycles. The third-order valence-corrected chi connectivity index (χ3v) is 1.54. The van der Waals surface area contributed by atoms with E-state index in [0.29, 0.717) is 13.2 Å². The van der Waals surface area contributed by atoms with Gasteiger partial charge >= 0.3 is 5.53 Å². The quantitative estimate of drug-likeness (QED) is 0.469. The third kappa shape index (κ3) is 2.94. The molecule has 0 aromatic heterocycles. The Morgan fingerprint density at radius 2 is 1.91 bits per heavy atom. The fourth-order valence-electron chi connectivity index (χ4n) is 0.571. The minimum Gasteiger partial charge on any atom is -0.329 e. The van der Waals surface area contributed by atoms with Crippen molar-refractivity contribution in [3.8, 4) is 6.07 Å². The highest BCUT2D eigenvalue weighted by molar-refractivity contribution is 7.25. The minimum absolute atomic E-state index is 0.294. The molecule has 0 fully saturated rings. The van der Waals surface area contributed by atoms with Crippen LogP contribution in [-0.4, -0.2) is 18.7 Å². The molecule has 0 amide bonds. The molecule has 11 heavy (non-hydrogen) atoms. The zero-order valence-electron chi connectivity index (χ0n) is 6.53. The largest absolute Gasteiger partial charge is 0.342 e. The Hall–Kier alpha value is -0.490. The van der Waals surface area contributed by atoms with E-state index in [1.165, 1.54) is 0 Å². The number of hydrogen-bond donors (Lipinski definition) is 0. The van der Waals surface area contributed by atoms with Crippen LogP contribution in [0.5, 0.6) is 0 Å². The summed E-state index contributed by atoms with van der Waals surface area (Å²) in [5, 5.41) is 8.53. The fourth-order valence-corrected chi connectivity index (χ4v) is 0.975. The van der Waals surface area contributed by atoms with E-state index in [1.807, 2.05) is 0 Å². The molecule has 0 aliphatic rings. The summed E-state index contributed by atoms with van der Waals surface area (Å²) < 4.78 is 20.2. The first-order chi connectivity index (χ1) is 5.24. The maximum Gasteiger partial charge on any atom is 0.342 e. The molecule has 4 nitrogen and oxygen atoms in total. The maximum absolute atomic E-state index is 10.5. The summed E-state index contributed by atoms with van der Waals surface area (Å²) in [5.74, 6) is 0. The third-order valence-electron chi connectivity index (χ3n) is 0.941. The summed E-state index contributed by atoms with van der Waals surface area (Å²) in [4.78, 5) is 0. The summed E-state index contributed by atoms with van der Waals surface area (Å²) >= 11 is 0. The van der Waals surface area contributed by atoms with Crippen molar-refractivity contribution in [2.45, 2.75) is 19.4 Å². The first-order valence-electron chi connectivity index (χ1n) is 3.28. The van der Waals surface area contributed by atoms with Crippen LogP contribution in [0, 0.1) is 11.3 Å². The van der Waals surface area contributed by atoms with Crippen molar-refractivity contribution < 1.29 is 14.0 Å². The zero-order chi connectivity index (χ0) is 8.74. The van der Waals surface area contributed by atoms with E-state index in [0.717, 1.165) is 0 Å². The van der Waals surface area contributed by atoms with Crippen LogP contribution in [0.25, 0.3) is 0 Å². The van der Waals surface area contributed by atoms with E-state index in [4.69, 9.17) is 14.7 Å². The zero-order valence-corrected chi connectivity index (χ0v) is 7.43. The lowest BCUT2D eigenvalue weighted by Crippen LogP contribution is -2.27. The molecule has 5 heteroatoms. The van der Waals surface area contributed by atoms with Crippen LogP contribution in [0.15, 0.2) is 0 Å². The van der Waals surface area contributed by atoms with Gasteiger partial charge in [0, 0.05) is 13.2 Å². The summed E-state index contributed by atoms with van der Waals surface area (Å²) in [7, 11) is -0.456. The molecule has 0 rings (SSSR count). The lowest BCUT2D eigenvalue weighted by molar-refractivity contribution is -0.130. The molecule has 0 N–H and O–H groups in total. The minimum atomic E-state index is -1.59. The highest BCUT2D eigenvalue weighted by atomic mass is 31.1. The Morgan fingerprint density at radius 1 is 1.45 bits per heavy atom. The number of hydrogen-bond acceptors (Lipinski definition) is 4. The Morgan fingerprint density at radius 3 is 2.09 bits per heavy atom. The highest BCUT2D eigenvalue weighted by Crippen LogP contribution is 2.25. The lowest BCUT2D eigenvalue weighted by atomic mass is 10.6. The van der Waals surface area contributed by atoms with Crippen molar-refractivity contribution >= 4 is 8.46 Å². The van der Waals surface area contributed by atoms with Crippen LogP contribution in [0.3, 0.4) is 0 Å². The second-order valence-electron chi connectivity index (χ2n) is 1.65.